The van der Waals surface area contributed by atoms with Gasteiger partial charge in [-0.25, -0.2) is 4.39 Å². The summed E-state index contributed by atoms with van der Waals surface area (Å²) in [5.74, 6) is -0.0374. The number of nitrogens with two attached hydrogens (primary N) is 1. The van der Waals surface area contributed by atoms with E-state index in [1.807, 2.05) is 19.1 Å². The number of hydrogen-bond acceptors (Lipinski definition) is 4. The van der Waals surface area contributed by atoms with Crippen molar-refractivity contribution >= 4 is 17.3 Å². The number of benzene rings is 2. The van der Waals surface area contributed by atoms with Crippen LogP contribution < -0.4 is 5.73 Å². The molecule has 3 aromatic rings. The van der Waals surface area contributed by atoms with Gasteiger partial charge in [0.1, 0.15) is 5.82 Å². The minimum atomic E-state index is -0.480. The van der Waals surface area contributed by atoms with Crippen molar-refractivity contribution in [3.63, 3.8) is 0 Å². The molecule has 0 amide bonds. The Kier molecular flexibility index (Phi) is 3.31. The molecule has 21 heavy (non-hydrogen) atoms. The van der Waals surface area contributed by atoms with Crippen molar-refractivity contribution in [2.75, 3.05) is 5.73 Å². The SMILES string of the molecule is Cc1cccc(Cl)c1-n1nnnc1-c1ccc(F)c(N)c1. The summed E-state index contributed by atoms with van der Waals surface area (Å²) in [6.07, 6.45) is 0. The summed E-state index contributed by atoms with van der Waals surface area (Å²) in [7, 11) is 0. The van der Waals surface area contributed by atoms with E-state index in [9.17, 15) is 4.39 Å². The normalized spacial score (nSPS) is 10.8. The maximum Gasteiger partial charge on any atom is 0.187 e. The summed E-state index contributed by atoms with van der Waals surface area (Å²) in [4.78, 5) is 0. The highest BCUT2D eigenvalue weighted by Gasteiger charge is 2.16. The second-order valence-corrected chi connectivity index (χ2v) is 4.96. The maximum atomic E-state index is 13.3. The Balaban J connectivity index is 2.20. The molecule has 1 aromatic heterocycles. The molecule has 0 radical (unpaired) electrons. The molecule has 7 heteroatoms. The lowest BCUT2D eigenvalue weighted by Gasteiger charge is -2.10. The zero-order valence-corrected chi connectivity index (χ0v) is 11.8. The van der Waals surface area contributed by atoms with Gasteiger partial charge in [-0.3, -0.25) is 0 Å². The first-order valence-corrected chi connectivity index (χ1v) is 6.55. The zero-order chi connectivity index (χ0) is 15.0. The van der Waals surface area contributed by atoms with E-state index in [1.54, 1.807) is 12.1 Å². The lowest BCUT2D eigenvalue weighted by atomic mass is 10.1. The summed E-state index contributed by atoms with van der Waals surface area (Å²) in [6.45, 7) is 1.91. The average molecular weight is 304 g/mol. The van der Waals surface area contributed by atoms with Crippen LogP contribution in [0.25, 0.3) is 17.1 Å². The van der Waals surface area contributed by atoms with Gasteiger partial charge < -0.3 is 5.73 Å². The van der Waals surface area contributed by atoms with E-state index in [4.69, 9.17) is 17.3 Å². The van der Waals surface area contributed by atoms with Crippen LogP contribution in [-0.2, 0) is 0 Å². The molecule has 0 bridgehead atoms. The smallest absolute Gasteiger partial charge is 0.187 e. The molecule has 0 aliphatic carbocycles. The van der Waals surface area contributed by atoms with Crippen molar-refractivity contribution < 1.29 is 4.39 Å². The monoisotopic (exact) mass is 303 g/mol. The molecule has 3 rings (SSSR count). The quantitative estimate of drug-likeness (QED) is 0.739. The minimum absolute atomic E-state index is 0.0398. The third-order valence-corrected chi connectivity index (χ3v) is 3.43. The van der Waals surface area contributed by atoms with E-state index in [0.29, 0.717) is 22.1 Å². The largest absolute Gasteiger partial charge is 0.396 e. The maximum absolute atomic E-state index is 13.3. The molecule has 106 valence electrons. The van der Waals surface area contributed by atoms with Gasteiger partial charge >= 0.3 is 0 Å². The number of para-hydroxylation sites is 1. The Morgan fingerprint density at radius 3 is 2.76 bits per heavy atom. The molecule has 2 N–H and O–H groups in total. The number of hydrogen-bond donors (Lipinski definition) is 1. The summed E-state index contributed by atoms with van der Waals surface area (Å²) in [5, 5.41) is 12.2. The number of aryl methyl sites for hydroxylation is 1. The molecular formula is C14H11ClFN5. The molecule has 0 unspecified atom stereocenters. The van der Waals surface area contributed by atoms with E-state index < -0.39 is 5.82 Å². The number of nitrogens with zero attached hydrogens (tertiary/aromatic N) is 4. The van der Waals surface area contributed by atoms with E-state index in [0.717, 1.165) is 5.56 Å². The fourth-order valence-electron chi connectivity index (χ4n) is 2.09. The summed E-state index contributed by atoms with van der Waals surface area (Å²) >= 11 is 6.24. The molecule has 0 saturated heterocycles. The molecule has 0 fully saturated rings. The van der Waals surface area contributed by atoms with Crippen LogP contribution in [0.5, 0.6) is 0 Å². The number of halogens is 2. The number of aromatic nitrogens is 4. The highest BCUT2D eigenvalue weighted by atomic mass is 35.5. The van der Waals surface area contributed by atoms with Crippen LogP contribution >= 0.6 is 11.6 Å². The van der Waals surface area contributed by atoms with Gasteiger partial charge in [0.2, 0.25) is 0 Å². The van der Waals surface area contributed by atoms with Crippen molar-refractivity contribution in [3.05, 3.63) is 52.8 Å². The van der Waals surface area contributed by atoms with Crippen LogP contribution in [0.4, 0.5) is 10.1 Å². The second kappa shape index (κ2) is 5.14. The number of rotatable bonds is 2. The highest BCUT2D eigenvalue weighted by molar-refractivity contribution is 6.32. The zero-order valence-electron chi connectivity index (χ0n) is 11.1. The second-order valence-electron chi connectivity index (χ2n) is 4.56. The lowest BCUT2D eigenvalue weighted by molar-refractivity contribution is 0.632. The molecule has 0 aliphatic rings. The molecule has 0 saturated carbocycles. The van der Waals surface area contributed by atoms with Crippen LogP contribution in [0.15, 0.2) is 36.4 Å². The van der Waals surface area contributed by atoms with Crippen LogP contribution in [0, 0.1) is 12.7 Å². The van der Waals surface area contributed by atoms with Gasteiger partial charge in [0.15, 0.2) is 5.82 Å². The fourth-order valence-corrected chi connectivity index (χ4v) is 2.39. The molecule has 0 atom stereocenters. The predicted molar refractivity (Wildman–Crippen MR) is 78.7 cm³/mol. The van der Waals surface area contributed by atoms with Gasteiger partial charge in [0.05, 0.1) is 16.4 Å². The highest BCUT2D eigenvalue weighted by Crippen LogP contribution is 2.28. The average Bonchev–Trinajstić information content (AvgIpc) is 2.91. The van der Waals surface area contributed by atoms with Crippen LogP contribution in [0.3, 0.4) is 0 Å². The Bertz CT molecular complexity index is 795. The molecule has 2 aromatic carbocycles. The van der Waals surface area contributed by atoms with Gasteiger partial charge in [-0.05, 0) is 47.2 Å². The first-order valence-electron chi connectivity index (χ1n) is 6.17. The van der Waals surface area contributed by atoms with Crippen molar-refractivity contribution in [1.29, 1.82) is 0 Å². The standard InChI is InChI=1S/C14H11ClFN5/c1-8-3-2-4-10(15)13(8)21-14(18-19-20-21)9-5-6-11(16)12(17)7-9/h2-7H,17H2,1H3. The van der Waals surface area contributed by atoms with Gasteiger partial charge in [-0.1, -0.05) is 23.7 Å². The summed E-state index contributed by atoms with van der Waals surface area (Å²) in [5.41, 5.74) is 7.85. The Hall–Kier alpha value is -2.47. The van der Waals surface area contributed by atoms with Crippen LogP contribution in [-0.4, -0.2) is 20.2 Å². The third-order valence-electron chi connectivity index (χ3n) is 3.12. The van der Waals surface area contributed by atoms with Gasteiger partial charge in [0.25, 0.3) is 0 Å². The van der Waals surface area contributed by atoms with Crippen molar-refractivity contribution in [2.24, 2.45) is 0 Å². The number of anilines is 1. The van der Waals surface area contributed by atoms with Crippen LogP contribution in [0.1, 0.15) is 5.56 Å². The Morgan fingerprint density at radius 1 is 1.24 bits per heavy atom. The van der Waals surface area contributed by atoms with Crippen LogP contribution in [0.2, 0.25) is 5.02 Å². The van der Waals surface area contributed by atoms with E-state index in [2.05, 4.69) is 15.5 Å². The van der Waals surface area contributed by atoms with Crippen molar-refractivity contribution in [2.45, 2.75) is 6.92 Å². The first-order chi connectivity index (χ1) is 10.1. The molecular weight excluding hydrogens is 293 g/mol. The van der Waals surface area contributed by atoms with Crippen molar-refractivity contribution in [1.82, 2.24) is 20.2 Å². The van der Waals surface area contributed by atoms with Gasteiger partial charge in [-0.15, -0.1) is 5.10 Å². The van der Waals surface area contributed by atoms with Crippen molar-refractivity contribution in [3.8, 4) is 17.1 Å². The predicted octanol–water partition coefficient (Wildman–Crippen LogP) is 3.01. The first kappa shape index (κ1) is 13.5. The molecule has 0 aliphatic heterocycles. The Morgan fingerprint density at radius 2 is 2.05 bits per heavy atom. The van der Waals surface area contributed by atoms with E-state index in [1.165, 1.54) is 16.8 Å². The third kappa shape index (κ3) is 2.34. The fraction of sp³-hybridized carbons (Fsp3) is 0.0714. The van der Waals surface area contributed by atoms with Gasteiger partial charge in [0, 0.05) is 5.56 Å². The minimum Gasteiger partial charge on any atom is -0.396 e. The van der Waals surface area contributed by atoms with Gasteiger partial charge in [-0.2, -0.15) is 4.68 Å². The Labute approximate surface area is 125 Å². The molecule has 5 nitrogen and oxygen atoms in total. The summed E-state index contributed by atoms with van der Waals surface area (Å²) < 4.78 is 14.8. The molecule has 0 spiro atoms. The number of nitrogen functional groups attached to an aromatic ring is 1. The van der Waals surface area contributed by atoms with E-state index in [-0.39, 0.29) is 5.69 Å². The lowest BCUT2D eigenvalue weighted by Crippen LogP contribution is -2.03. The molecule has 1 heterocycles. The number of tetrazole rings is 1. The topological polar surface area (TPSA) is 69.6 Å². The summed E-state index contributed by atoms with van der Waals surface area (Å²) in [6, 6.07) is 9.86. The van der Waals surface area contributed by atoms with E-state index >= 15 is 0 Å².